The van der Waals surface area contributed by atoms with Crippen molar-refractivity contribution in [1.29, 1.82) is 0 Å². The van der Waals surface area contributed by atoms with Crippen LogP contribution in [0.15, 0.2) is 60.8 Å². The minimum absolute atomic E-state index is 0.254. The topological polar surface area (TPSA) is 46.9 Å². The van der Waals surface area contributed by atoms with Crippen LogP contribution in [0, 0.1) is 0 Å². The highest BCUT2D eigenvalue weighted by Crippen LogP contribution is 2.30. The average molecular weight is 321 g/mol. The monoisotopic (exact) mass is 321 g/mol. The number of allylic oxidation sites excluding steroid dienone is 3. The fourth-order valence-corrected chi connectivity index (χ4v) is 1.85. The molecule has 1 aromatic heterocycles. The van der Waals surface area contributed by atoms with E-state index in [-0.39, 0.29) is 11.6 Å². The molecule has 120 valence electrons. The van der Waals surface area contributed by atoms with Gasteiger partial charge in [0.1, 0.15) is 5.69 Å². The van der Waals surface area contributed by atoms with Gasteiger partial charge < -0.3 is 5.32 Å². The highest BCUT2D eigenvalue weighted by molar-refractivity contribution is 5.99. The lowest BCUT2D eigenvalue weighted by atomic mass is 10.2. The van der Waals surface area contributed by atoms with Crippen LogP contribution in [-0.4, -0.2) is 15.7 Å². The van der Waals surface area contributed by atoms with E-state index >= 15 is 0 Å². The molecule has 0 unspecified atom stereocenters. The molecule has 0 aliphatic heterocycles. The second-order valence-electron chi connectivity index (χ2n) is 4.55. The Bertz CT molecular complexity index is 728. The van der Waals surface area contributed by atoms with Crippen molar-refractivity contribution < 1.29 is 18.0 Å². The van der Waals surface area contributed by atoms with Crippen LogP contribution >= 0.6 is 0 Å². The Hall–Kier alpha value is -2.83. The molecule has 4 nitrogen and oxygen atoms in total. The number of aromatic nitrogens is 2. The molecule has 0 atom stereocenters. The van der Waals surface area contributed by atoms with Crippen molar-refractivity contribution in [3.8, 4) is 5.69 Å². The number of nitrogens with one attached hydrogen (secondary N) is 1. The van der Waals surface area contributed by atoms with Crippen LogP contribution in [0.1, 0.15) is 12.6 Å². The summed E-state index contributed by atoms with van der Waals surface area (Å²) < 4.78 is 39.3. The molecule has 0 spiro atoms. The lowest BCUT2D eigenvalue weighted by Gasteiger charge is -2.11. The summed E-state index contributed by atoms with van der Waals surface area (Å²) in [6.45, 7) is 1.82. The van der Waals surface area contributed by atoms with E-state index in [9.17, 15) is 18.0 Å². The highest BCUT2D eigenvalue weighted by atomic mass is 19.4. The number of carbonyl (C=O) groups is 1. The number of alkyl halides is 3. The highest BCUT2D eigenvalue weighted by Gasteiger charge is 2.35. The SMILES string of the molecule is CC=CC=CC(=O)Nc1ccc(-n2nccc2C(F)(F)F)cc1. The van der Waals surface area contributed by atoms with Crippen molar-refractivity contribution in [2.24, 2.45) is 0 Å². The van der Waals surface area contributed by atoms with Gasteiger partial charge in [0, 0.05) is 11.8 Å². The summed E-state index contributed by atoms with van der Waals surface area (Å²) in [5.74, 6) is -0.328. The molecule has 0 bridgehead atoms. The van der Waals surface area contributed by atoms with E-state index in [0.29, 0.717) is 5.69 Å². The van der Waals surface area contributed by atoms with Gasteiger partial charge in [0.05, 0.1) is 11.9 Å². The smallest absolute Gasteiger partial charge is 0.323 e. The van der Waals surface area contributed by atoms with E-state index in [0.717, 1.165) is 16.9 Å². The number of anilines is 1. The van der Waals surface area contributed by atoms with Gasteiger partial charge in [-0.2, -0.15) is 18.3 Å². The van der Waals surface area contributed by atoms with E-state index in [1.807, 2.05) is 6.92 Å². The summed E-state index contributed by atoms with van der Waals surface area (Å²) in [7, 11) is 0. The third kappa shape index (κ3) is 4.32. The maximum atomic E-state index is 12.8. The van der Waals surface area contributed by atoms with Crippen LogP contribution in [0.4, 0.5) is 18.9 Å². The molecule has 0 saturated carbocycles. The number of benzene rings is 1. The van der Waals surface area contributed by atoms with Gasteiger partial charge in [0.25, 0.3) is 0 Å². The van der Waals surface area contributed by atoms with Crippen molar-refractivity contribution in [1.82, 2.24) is 9.78 Å². The summed E-state index contributed by atoms with van der Waals surface area (Å²) >= 11 is 0. The van der Waals surface area contributed by atoms with E-state index in [1.54, 1.807) is 18.2 Å². The summed E-state index contributed by atoms with van der Waals surface area (Å²) in [6, 6.07) is 6.83. The number of amides is 1. The van der Waals surface area contributed by atoms with Gasteiger partial charge in [-0.25, -0.2) is 4.68 Å². The first-order valence-corrected chi connectivity index (χ1v) is 6.74. The second kappa shape index (κ2) is 6.95. The molecule has 7 heteroatoms. The maximum absolute atomic E-state index is 12.8. The van der Waals surface area contributed by atoms with E-state index < -0.39 is 11.9 Å². The maximum Gasteiger partial charge on any atom is 0.433 e. The fraction of sp³-hybridized carbons (Fsp3) is 0.125. The lowest BCUT2D eigenvalue weighted by molar-refractivity contribution is -0.142. The molecule has 1 aromatic carbocycles. The predicted octanol–water partition coefficient (Wildman–Crippen LogP) is 3.96. The van der Waals surface area contributed by atoms with Gasteiger partial charge >= 0.3 is 6.18 Å². The Morgan fingerprint density at radius 2 is 1.87 bits per heavy atom. The van der Waals surface area contributed by atoms with Crippen LogP contribution in [0.2, 0.25) is 0 Å². The zero-order valence-corrected chi connectivity index (χ0v) is 12.2. The van der Waals surface area contributed by atoms with E-state index in [1.165, 1.54) is 30.3 Å². The summed E-state index contributed by atoms with van der Waals surface area (Å²) in [4.78, 5) is 11.6. The molecule has 2 rings (SSSR count). The Morgan fingerprint density at radius 3 is 2.48 bits per heavy atom. The summed E-state index contributed by atoms with van der Waals surface area (Å²) in [6.07, 6.45) is 3.03. The second-order valence-corrected chi connectivity index (χ2v) is 4.55. The molecule has 1 heterocycles. The Morgan fingerprint density at radius 1 is 1.17 bits per heavy atom. The quantitative estimate of drug-likeness (QED) is 0.684. The first-order valence-electron chi connectivity index (χ1n) is 6.74. The summed E-state index contributed by atoms with van der Waals surface area (Å²) in [5.41, 5.74) is -0.127. The average Bonchev–Trinajstić information content (AvgIpc) is 2.98. The Labute approximate surface area is 130 Å². The largest absolute Gasteiger partial charge is 0.433 e. The fourth-order valence-electron chi connectivity index (χ4n) is 1.85. The van der Waals surface area contributed by atoms with Crippen LogP contribution in [0.5, 0.6) is 0 Å². The minimum Gasteiger partial charge on any atom is -0.323 e. The standard InChI is InChI=1S/C16H14F3N3O/c1-2-3-4-5-15(23)21-12-6-8-13(9-7-12)22-14(10-11-20-22)16(17,18)19/h2-11H,1H3,(H,21,23). The molecule has 1 amide bonds. The van der Waals surface area contributed by atoms with Gasteiger partial charge in [-0.15, -0.1) is 0 Å². The Kier molecular flexibility index (Phi) is 5.00. The third-order valence-corrected chi connectivity index (χ3v) is 2.86. The lowest BCUT2D eigenvalue weighted by Crippen LogP contribution is -2.13. The molecule has 0 fully saturated rings. The number of rotatable bonds is 4. The first-order chi connectivity index (χ1) is 10.9. The van der Waals surface area contributed by atoms with E-state index in [4.69, 9.17) is 0 Å². The number of hydrogen-bond donors (Lipinski definition) is 1. The van der Waals surface area contributed by atoms with Crippen molar-refractivity contribution >= 4 is 11.6 Å². The van der Waals surface area contributed by atoms with Crippen LogP contribution in [0.25, 0.3) is 5.69 Å². The van der Waals surface area contributed by atoms with Crippen LogP contribution in [-0.2, 0) is 11.0 Å². The van der Waals surface area contributed by atoms with Crippen LogP contribution in [0.3, 0.4) is 0 Å². The Balaban J connectivity index is 2.15. The number of halogens is 3. The van der Waals surface area contributed by atoms with Crippen molar-refractivity contribution in [2.75, 3.05) is 5.32 Å². The number of nitrogens with zero attached hydrogens (tertiary/aromatic N) is 2. The molecular weight excluding hydrogens is 307 g/mol. The van der Waals surface area contributed by atoms with Gasteiger partial charge in [0.15, 0.2) is 0 Å². The van der Waals surface area contributed by atoms with Crippen molar-refractivity contribution in [3.05, 3.63) is 66.5 Å². The normalized spacial score (nSPS) is 12.2. The first kappa shape index (κ1) is 16.5. The molecule has 2 aromatic rings. The molecular formula is C16H14F3N3O. The molecule has 1 N–H and O–H groups in total. The van der Waals surface area contributed by atoms with Gasteiger partial charge in [0.2, 0.25) is 5.91 Å². The molecule has 0 aliphatic carbocycles. The van der Waals surface area contributed by atoms with E-state index in [2.05, 4.69) is 10.4 Å². The third-order valence-electron chi connectivity index (χ3n) is 2.86. The van der Waals surface area contributed by atoms with Gasteiger partial charge in [-0.05, 0) is 37.3 Å². The van der Waals surface area contributed by atoms with Gasteiger partial charge in [-0.3, -0.25) is 4.79 Å². The van der Waals surface area contributed by atoms with Crippen molar-refractivity contribution in [2.45, 2.75) is 13.1 Å². The zero-order valence-electron chi connectivity index (χ0n) is 12.2. The number of carbonyl (C=O) groups excluding carboxylic acids is 1. The summed E-state index contributed by atoms with van der Waals surface area (Å²) in [5, 5.41) is 6.29. The van der Waals surface area contributed by atoms with Gasteiger partial charge in [-0.1, -0.05) is 18.2 Å². The minimum atomic E-state index is -4.49. The molecule has 0 aliphatic rings. The molecule has 0 saturated heterocycles. The zero-order chi connectivity index (χ0) is 16.9. The van der Waals surface area contributed by atoms with Crippen LogP contribution < -0.4 is 5.32 Å². The number of hydrogen-bond acceptors (Lipinski definition) is 2. The molecule has 23 heavy (non-hydrogen) atoms. The predicted molar refractivity (Wildman–Crippen MR) is 81.1 cm³/mol. The molecule has 0 radical (unpaired) electrons. The van der Waals surface area contributed by atoms with Crippen molar-refractivity contribution in [3.63, 3.8) is 0 Å².